The first kappa shape index (κ1) is 12.0. The van der Waals surface area contributed by atoms with Gasteiger partial charge in [-0.1, -0.05) is 0 Å². The van der Waals surface area contributed by atoms with Crippen LogP contribution in [0.5, 0.6) is 0 Å². The minimum atomic E-state index is -0.539. The van der Waals surface area contributed by atoms with Gasteiger partial charge in [-0.05, 0) is 12.1 Å². The number of carbonyl (C=O) groups excluding carboxylic acids is 2. The highest BCUT2D eigenvalue weighted by atomic mass is 16.5. The smallest absolute Gasteiger partial charge is 0.325 e. The van der Waals surface area contributed by atoms with Crippen LogP contribution in [0.3, 0.4) is 0 Å². The van der Waals surface area contributed by atoms with Crippen molar-refractivity contribution in [1.29, 1.82) is 0 Å². The maximum Gasteiger partial charge on any atom is 0.325 e. The van der Waals surface area contributed by atoms with Gasteiger partial charge in [0.25, 0.3) is 11.5 Å². The highest BCUT2D eigenvalue weighted by molar-refractivity contribution is 5.95. The van der Waals surface area contributed by atoms with Crippen LogP contribution in [0.25, 0.3) is 0 Å². The summed E-state index contributed by atoms with van der Waals surface area (Å²) in [7, 11) is 2.65. The summed E-state index contributed by atoms with van der Waals surface area (Å²) < 4.78 is 4.42. The summed E-state index contributed by atoms with van der Waals surface area (Å²) in [6.45, 7) is -0.191. The minimum Gasteiger partial charge on any atom is -0.468 e. The molecule has 1 aromatic heterocycles. The van der Waals surface area contributed by atoms with Crippen LogP contribution in [-0.4, -0.2) is 42.5 Å². The predicted molar refractivity (Wildman–Crippen MR) is 56.0 cm³/mol. The lowest BCUT2D eigenvalue weighted by Crippen LogP contribution is -2.35. The molecule has 0 aromatic carbocycles. The van der Waals surface area contributed by atoms with E-state index in [2.05, 4.69) is 9.72 Å². The number of methoxy groups -OCH3 is 1. The molecule has 1 amide bonds. The van der Waals surface area contributed by atoms with Gasteiger partial charge in [0.15, 0.2) is 0 Å². The van der Waals surface area contributed by atoms with Gasteiger partial charge in [-0.2, -0.15) is 0 Å². The quantitative estimate of drug-likeness (QED) is 0.710. The molecule has 0 unspecified atom stereocenters. The van der Waals surface area contributed by atoms with Gasteiger partial charge < -0.3 is 14.6 Å². The normalized spacial score (nSPS) is 9.62. The Morgan fingerprint density at radius 1 is 1.50 bits per heavy atom. The highest BCUT2D eigenvalue weighted by Gasteiger charge is 2.17. The lowest BCUT2D eigenvalue weighted by Gasteiger charge is -2.14. The monoisotopic (exact) mass is 224 g/mol. The number of H-pyrrole nitrogens is 1. The fourth-order valence-electron chi connectivity index (χ4n) is 1.13. The molecule has 0 fully saturated rings. The van der Waals surface area contributed by atoms with E-state index in [-0.39, 0.29) is 12.1 Å². The summed E-state index contributed by atoms with van der Waals surface area (Å²) in [5.41, 5.74) is -0.488. The average Bonchev–Trinajstić information content (AvgIpc) is 2.28. The molecule has 1 rings (SSSR count). The Balaban J connectivity index is 2.83. The number of esters is 1. The number of aromatic amines is 1. The van der Waals surface area contributed by atoms with E-state index in [0.717, 1.165) is 4.90 Å². The number of rotatable bonds is 3. The summed E-state index contributed by atoms with van der Waals surface area (Å²) in [4.78, 5) is 37.5. The van der Waals surface area contributed by atoms with Crippen LogP contribution >= 0.6 is 0 Å². The average molecular weight is 224 g/mol. The van der Waals surface area contributed by atoms with E-state index in [1.165, 1.54) is 26.4 Å². The lowest BCUT2D eigenvalue weighted by atomic mass is 10.2. The molecule has 1 heterocycles. The zero-order valence-corrected chi connectivity index (χ0v) is 9.02. The summed E-state index contributed by atoms with van der Waals surface area (Å²) in [6, 6.07) is 2.94. The van der Waals surface area contributed by atoms with Crippen LogP contribution < -0.4 is 5.56 Å². The second kappa shape index (κ2) is 5.11. The zero-order valence-electron chi connectivity index (χ0n) is 9.02. The largest absolute Gasteiger partial charge is 0.468 e. The van der Waals surface area contributed by atoms with Gasteiger partial charge in [-0.3, -0.25) is 14.4 Å². The third kappa shape index (κ3) is 2.69. The molecular weight excluding hydrogens is 212 g/mol. The Morgan fingerprint density at radius 3 is 2.75 bits per heavy atom. The van der Waals surface area contributed by atoms with Gasteiger partial charge in [0.2, 0.25) is 0 Å². The molecule has 0 aliphatic heterocycles. The Labute approximate surface area is 91.8 Å². The molecule has 0 saturated carbocycles. The van der Waals surface area contributed by atoms with Crippen molar-refractivity contribution in [1.82, 2.24) is 9.88 Å². The fraction of sp³-hybridized carbons (Fsp3) is 0.300. The van der Waals surface area contributed by atoms with Gasteiger partial charge in [-0.15, -0.1) is 0 Å². The number of hydrogen-bond acceptors (Lipinski definition) is 4. The molecule has 0 aliphatic carbocycles. The SMILES string of the molecule is COC(=O)CN(C)C(=O)c1ccc[nH]c1=O. The number of aromatic nitrogens is 1. The second-order valence-corrected chi connectivity index (χ2v) is 3.15. The number of nitrogens with one attached hydrogen (secondary N) is 1. The Hall–Kier alpha value is -2.11. The number of amides is 1. The first-order chi connectivity index (χ1) is 7.56. The molecule has 0 radical (unpaired) electrons. The third-order valence-electron chi connectivity index (χ3n) is 1.99. The van der Waals surface area contributed by atoms with Crippen molar-refractivity contribution in [3.05, 3.63) is 34.2 Å². The van der Waals surface area contributed by atoms with Crippen LogP contribution in [-0.2, 0) is 9.53 Å². The Kier molecular flexibility index (Phi) is 3.82. The third-order valence-corrected chi connectivity index (χ3v) is 1.99. The van der Waals surface area contributed by atoms with Crippen molar-refractivity contribution in [3.8, 4) is 0 Å². The molecule has 0 bridgehead atoms. The molecule has 0 aliphatic rings. The van der Waals surface area contributed by atoms with Crippen LogP contribution in [0, 0.1) is 0 Å². The predicted octanol–water partition coefficient (Wildman–Crippen LogP) is -0.380. The van der Waals surface area contributed by atoms with E-state index in [0.29, 0.717) is 0 Å². The number of ether oxygens (including phenoxy) is 1. The van der Waals surface area contributed by atoms with Gasteiger partial charge in [0.1, 0.15) is 12.1 Å². The van der Waals surface area contributed by atoms with E-state index >= 15 is 0 Å². The summed E-state index contributed by atoms with van der Waals surface area (Å²) >= 11 is 0. The first-order valence-corrected chi connectivity index (χ1v) is 4.56. The number of likely N-dealkylation sites (N-methyl/N-ethyl adjacent to an activating group) is 1. The number of hydrogen-bond donors (Lipinski definition) is 1. The number of pyridine rings is 1. The van der Waals surface area contributed by atoms with Crippen molar-refractivity contribution in [2.45, 2.75) is 0 Å². The standard InChI is InChI=1S/C10H12N2O4/c1-12(6-8(13)16-2)10(15)7-4-3-5-11-9(7)14/h3-5H,6H2,1-2H3,(H,11,14). The van der Waals surface area contributed by atoms with E-state index in [1.54, 1.807) is 6.07 Å². The molecule has 16 heavy (non-hydrogen) atoms. The number of nitrogens with zero attached hydrogens (tertiary/aromatic N) is 1. The molecule has 0 atom stereocenters. The number of carbonyl (C=O) groups is 2. The first-order valence-electron chi connectivity index (χ1n) is 4.56. The van der Waals surface area contributed by atoms with Crippen LogP contribution in [0.4, 0.5) is 0 Å². The maximum atomic E-state index is 11.7. The van der Waals surface area contributed by atoms with Crippen LogP contribution in [0.2, 0.25) is 0 Å². The van der Waals surface area contributed by atoms with Crippen molar-refractivity contribution >= 4 is 11.9 Å². The molecule has 0 saturated heterocycles. The van der Waals surface area contributed by atoms with E-state index in [1.807, 2.05) is 0 Å². The van der Waals surface area contributed by atoms with Gasteiger partial charge in [-0.25, -0.2) is 0 Å². The Morgan fingerprint density at radius 2 is 2.19 bits per heavy atom. The van der Waals surface area contributed by atoms with Crippen molar-refractivity contribution in [2.24, 2.45) is 0 Å². The fourth-order valence-corrected chi connectivity index (χ4v) is 1.13. The summed E-state index contributed by atoms with van der Waals surface area (Å²) in [5, 5.41) is 0. The van der Waals surface area contributed by atoms with Crippen molar-refractivity contribution < 1.29 is 14.3 Å². The van der Waals surface area contributed by atoms with Gasteiger partial charge in [0.05, 0.1) is 7.11 Å². The second-order valence-electron chi connectivity index (χ2n) is 3.15. The molecular formula is C10H12N2O4. The summed E-state index contributed by atoms with van der Waals surface area (Å²) in [5.74, 6) is -1.06. The molecule has 6 heteroatoms. The molecule has 6 nitrogen and oxygen atoms in total. The molecule has 1 aromatic rings. The van der Waals surface area contributed by atoms with Crippen molar-refractivity contribution in [3.63, 3.8) is 0 Å². The minimum absolute atomic E-state index is 0.00565. The van der Waals surface area contributed by atoms with E-state index < -0.39 is 17.4 Å². The molecule has 0 spiro atoms. The zero-order chi connectivity index (χ0) is 12.1. The lowest BCUT2D eigenvalue weighted by molar-refractivity contribution is -0.141. The van der Waals surface area contributed by atoms with Gasteiger partial charge in [0, 0.05) is 13.2 Å². The van der Waals surface area contributed by atoms with Gasteiger partial charge >= 0.3 is 5.97 Å². The van der Waals surface area contributed by atoms with E-state index in [4.69, 9.17) is 0 Å². The topological polar surface area (TPSA) is 79.5 Å². The summed E-state index contributed by atoms with van der Waals surface area (Å²) in [6.07, 6.45) is 1.43. The molecule has 86 valence electrons. The molecule has 1 N–H and O–H groups in total. The van der Waals surface area contributed by atoms with Crippen molar-refractivity contribution in [2.75, 3.05) is 20.7 Å². The maximum absolute atomic E-state index is 11.7. The van der Waals surface area contributed by atoms with Crippen LogP contribution in [0.1, 0.15) is 10.4 Å². The Bertz CT molecular complexity index is 452. The van der Waals surface area contributed by atoms with E-state index in [9.17, 15) is 14.4 Å². The highest BCUT2D eigenvalue weighted by Crippen LogP contribution is 1.96. The van der Waals surface area contributed by atoms with Crippen LogP contribution in [0.15, 0.2) is 23.1 Å².